The van der Waals surface area contributed by atoms with Crippen molar-refractivity contribution in [3.05, 3.63) is 87.5 Å². The quantitative estimate of drug-likeness (QED) is 0.168. The molecule has 6 rings (SSSR count). The Morgan fingerprint density at radius 1 is 0.929 bits per heavy atom. The Morgan fingerprint density at radius 3 is 2.45 bits per heavy atom. The summed E-state index contributed by atoms with van der Waals surface area (Å²) in [6, 6.07) is 19.3. The van der Waals surface area contributed by atoms with Crippen molar-refractivity contribution in [2.24, 2.45) is 0 Å². The summed E-state index contributed by atoms with van der Waals surface area (Å²) in [6.45, 7) is 0. The first kappa shape index (κ1) is 26.9. The first-order valence-electron chi connectivity index (χ1n) is 12.5. The SMILES string of the molecule is COc1ccc(Nc2nc(-c3cccc(C(=O)Nc4ccc(-c5sc(=O)[nH]c5O)cc4)c3)nc3scnc23)cc1OC. The molecule has 0 radical (unpaired) electrons. The van der Waals surface area contributed by atoms with E-state index in [4.69, 9.17) is 14.5 Å². The molecule has 3 aromatic heterocycles. The average Bonchev–Trinajstić information content (AvgIpc) is 3.63. The predicted octanol–water partition coefficient (Wildman–Crippen LogP) is 5.89. The number of ether oxygens (including phenoxy) is 2. The zero-order valence-electron chi connectivity index (χ0n) is 22.2. The van der Waals surface area contributed by atoms with E-state index in [0.717, 1.165) is 17.0 Å². The highest BCUT2D eigenvalue weighted by molar-refractivity contribution is 7.16. The van der Waals surface area contributed by atoms with Crippen LogP contribution in [0, 0.1) is 0 Å². The van der Waals surface area contributed by atoms with Gasteiger partial charge in [0.2, 0.25) is 5.88 Å². The second kappa shape index (κ2) is 11.3. The van der Waals surface area contributed by atoms with Crippen LogP contribution in [-0.4, -0.2) is 45.2 Å². The van der Waals surface area contributed by atoms with Gasteiger partial charge in [0.15, 0.2) is 23.1 Å². The maximum Gasteiger partial charge on any atom is 0.307 e. The Hall–Kier alpha value is -5.27. The summed E-state index contributed by atoms with van der Waals surface area (Å²) in [5, 5.41) is 16.1. The molecule has 0 aliphatic carbocycles. The Labute approximate surface area is 246 Å². The molecular formula is C29H22N6O5S2. The molecule has 6 aromatic rings. The van der Waals surface area contributed by atoms with Crippen LogP contribution in [0.25, 0.3) is 32.2 Å². The van der Waals surface area contributed by atoms with E-state index in [1.807, 2.05) is 12.1 Å². The summed E-state index contributed by atoms with van der Waals surface area (Å²) in [5.41, 5.74) is 5.34. The Bertz CT molecular complexity index is 1980. The monoisotopic (exact) mass is 598 g/mol. The normalized spacial score (nSPS) is 10.9. The lowest BCUT2D eigenvalue weighted by Crippen LogP contribution is -2.12. The number of aromatic nitrogens is 4. The molecule has 0 bridgehead atoms. The molecule has 4 N–H and O–H groups in total. The van der Waals surface area contributed by atoms with Gasteiger partial charge in [-0.25, -0.2) is 15.0 Å². The second-order valence-corrected chi connectivity index (χ2v) is 10.7. The summed E-state index contributed by atoms with van der Waals surface area (Å²) in [5.74, 6) is 1.62. The van der Waals surface area contributed by atoms with Crippen LogP contribution in [0.15, 0.2) is 77.0 Å². The van der Waals surface area contributed by atoms with E-state index >= 15 is 0 Å². The smallest absolute Gasteiger partial charge is 0.307 e. The van der Waals surface area contributed by atoms with E-state index in [9.17, 15) is 14.7 Å². The third kappa shape index (κ3) is 5.38. The number of carbonyl (C=O) groups is 1. The molecule has 0 aliphatic heterocycles. The number of H-pyrrole nitrogens is 1. The Morgan fingerprint density at radius 2 is 1.71 bits per heavy atom. The molecule has 0 saturated carbocycles. The maximum absolute atomic E-state index is 13.1. The van der Waals surface area contributed by atoms with Crippen LogP contribution in [-0.2, 0) is 0 Å². The molecule has 0 saturated heterocycles. The van der Waals surface area contributed by atoms with E-state index < -0.39 is 0 Å². The van der Waals surface area contributed by atoms with Gasteiger partial charge in [-0.15, -0.1) is 11.3 Å². The first-order chi connectivity index (χ1) is 20.4. The van der Waals surface area contributed by atoms with Crippen molar-refractivity contribution in [2.45, 2.75) is 0 Å². The van der Waals surface area contributed by atoms with E-state index in [2.05, 4.69) is 25.6 Å². The number of nitrogens with zero attached hydrogens (tertiary/aromatic N) is 3. The maximum atomic E-state index is 13.1. The van der Waals surface area contributed by atoms with Gasteiger partial charge in [-0.05, 0) is 42.0 Å². The van der Waals surface area contributed by atoms with Crippen molar-refractivity contribution in [1.82, 2.24) is 19.9 Å². The first-order valence-corrected chi connectivity index (χ1v) is 14.2. The number of methoxy groups -OCH3 is 2. The number of nitrogens with one attached hydrogen (secondary N) is 3. The van der Waals surface area contributed by atoms with Crippen molar-refractivity contribution >= 4 is 56.1 Å². The number of hydrogen-bond donors (Lipinski definition) is 4. The fourth-order valence-electron chi connectivity index (χ4n) is 4.25. The molecule has 11 nitrogen and oxygen atoms in total. The number of amides is 1. The minimum Gasteiger partial charge on any atom is -0.493 e. The standard InChI is InChI=1S/C29H22N6O5S2/c1-39-20-11-10-19(13-21(20)40-2)31-25-22-28(41-14-30-22)34-24(33-25)16-4-3-5-17(12-16)26(36)32-18-8-6-15(7-9-18)23-27(37)35-29(38)42-23/h3-14,37H,1-2H3,(H,32,36)(H,35,38)(H,31,33,34). The number of rotatable bonds is 8. The Balaban J connectivity index is 1.25. The molecule has 210 valence electrons. The van der Waals surface area contributed by atoms with Gasteiger partial charge in [0, 0.05) is 28.6 Å². The number of aromatic hydroxyl groups is 1. The lowest BCUT2D eigenvalue weighted by molar-refractivity contribution is 0.102. The number of thiazole rings is 2. The van der Waals surface area contributed by atoms with Gasteiger partial charge in [-0.3, -0.25) is 14.6 Å². The molecule has 3 heterocycles. The number of aromatic amines is 1. The number of fused-ring (bicyclic) bond motifs is 1. The van der Waals surface area contributed by atoms with Crippen LogP contribution >= 0.6 is 22.7 Å². The fourth-order valence-corrected chi connectivity index (χ4v) is 5.64. The highest BCUT2D eigenvalue weighted by atomic mass is 32.1. The van der Waals surface area contributed by atoms with Crippen LogP contribution in [0.4, 0.5) is 17.2 Å². The van der Waals surface area contributed by atoms with Crippen LogP contribution in [0.1, 0.15) is 10.4 Å². The zero-order chi connectivity index (χ0) is 29.2. The minimum atomic E-state index is -0.345. The van der Waals surface area contributed by atoms with Crippen molar-refractivity contribution in [3.63, 3.8) is 0 Å². The van der Waals surface area contributed by atoms with Gasteiger partial charge >= 0.3 is 4.87 Å². The van der Waals surface area contributed by atoms with Crippen LogP contribution < -0.4 is 25.0 Å². The zero-order valence-corrected chi connectivity index (χ0v) is 23.8. The average molecular weight is 599 g/mol. The van der Waals surface area contributed by atoms with E-state index in [0.29, 0.717) is 60.7 Å². The van der Waals surface area contributed by atoms with Crippen LogP contribution in [0.3, 0.4) is 0 Å². The highest BCUT2D eigenvalue weighted by Crippen LogP contribution is 2.34. The predicted molar refractivity (Wildman–Crippen MR) is 163 cm³/mol. The van der Waals surface area contributed by atoms with Crippen LogP contribution in [0.2, 0.25) is 0 Å². The van der Waals surface area contributed by atoms with E-state index in [1.54, 1.807) is 74.3 Å². The number of benzene rings is 3. The van der Waals surface area contributed by atoms with Gasteiger partial charge in [-0.2, -0.15) is 0 Å². The number of anilines is 3. The summed E-state index contributed by atoms with van der Waals surface area (Å²) < 4.78 is 10.7. The number of hydrogen-bond acceptors (Lipinski definition) is 11. The van der Waals surface area contributed by atoms with Crippen molar-refractivity contribution in [1.29, 1.82) is 0 Å². The molecule has 0 spiro atoms. The van der Waals surface area contributed by atoms with Crippen molar-refractivity contribution in [3.8, 4) is 39.2 Å². The number of carbonyl (C=O) groups excluding carboxylic acids is 1. The molecule has 13 heteroatoms. The van der Waals surface area contributed by atoms with Crippen LogP contribution in [0.5, 0.6) is 17.4 Å². The minimum absolute atomic E-state index is 0.181. The Kier molecular flexibility index (Phi) is 7.25. The third-order valence-corrected chi connectivity index (χ3v) is 7.90. The molecular weight excluding hydrogens is 576 g/mol. The summed E-state index contributed by atoms with van der Waals surface area (Å²) in [6.07, 6.45) is 0. The lowest BCUT2D eigenvalue weighted by Gasteiger charge is -2.12. The van der Waals surface area contributed by atoms with Gasteiger partial charge < -0.3 is 25.2 Å². The molecule has 3 aromatic carbocycles. The topological polar surface area (TPSA) is 151 Å². The van der Waals surface area contributed by atoms with E-state index in [1.165, 1.54) is 11.3 Å². The van der Waals surface area contributed by atoms with E-state index in [-0.39, 0.29) is 16.7 Å². The molecule has 42 heavy (non-hydrogen) atoms. The van der Waals surface area contributed by atoms with Gasteiger partial charge in [-0.1, -0.05) is 35.6 Å². The molecule has 1 amide bonds. The molecule has 0 atom stereocenters. The molecule has 0 fully saturated rings. The third-order valence-electron chi connectivity index (χ3n) is 6.26. The highest BCUT2D eigenvalue weighted by Gasteiger charge is 2.16. The largest absolute Gasteiger partial charge is 0.493 e. The van der Waals surface area contributed by atoms with Gasteiger partial charge in [0.25, 0.3) is 5.91 Å². The van der Waals surface area contributed by atoms with Crippen molar-refractivity contribution in [2.75, 3.05) is 24.9 Å². The summed E-state index contributed by atoms with van der Waals surface area (Å²) in [4.78, 5) is 41.6. The lowest BCUT2D eigenvalue weighted by atomic mass is 10.1. The second-order valence-electron chi connectivity index (χ2n) is 8.90. The van der Waals surface area contributed by atoms with Crippen molar-refractivity contribution < 1.29 is 19.4 Å². The fraction of sp³-hybridized carbons (Fsp3) is 0.0690. The summed E-state index contributed by atoms with van der Waals surface area (Å²) in [7, 11) is 3.15. The summed E-state index contributed by atoms with van der Waals surface area (Å²) >= 11 is 2.30. The molecule has 0 unspecified atom stereocenters. The molecule has 0 aliphatic rings. The van der Waals surface area contributed by atoms with Gasteiger partial charge in [0.1, 0.15) is 10.3 Å². The van der Waals surface area contributed by atoms with Gasteiger partial charge in [0.05, 0.1) is 24.6 Å².